The lowest BCUT2D eigenvalue weighted by Gasteiger charge is -2.45. The molecule has 2 N–H and O–H groups in total. The Kier molecular flexibility index (Phi) is 5.36. The second-order valence-corrected chi connectivity index (χ2v) is 10.7. The van der Waals surface area contributed by atoms with Gasteiger partial charge in [-0.2, -0.15) is 5.26 Å². The zero-order chi connectivity index (χ0) is 25.2. The summed E-state index contributed by atoms with van der Waals surface area (Å²) in [4.78, 5) is 33.5. The Balaban J connectivity index is 1.48. The number of rotatable bonds is 3. The number of para-hydroxylation sites is 1. The molecule has 1 aromatic heterocycles. The van der Waals surface area contributed by atoms with Gasteiger partial charge in [0.1, 0.15) is 17.4 Å². The molecule has 2 aromatic rings. The molecule has 186 valence electrons. The van der Waals surface area contributed by atoms with Gasteiger partial charge in [0.05, 0.1) is 11.0 Å². The van der Waals surface area contributed by atoms with E-state index in [1.807, 2.05) is 6.07 Å². The van der Waals surface area contributed by atoms with Crippen LogP contribution in [-0.4, -0.2) is 53.9 Å². The van der Waals surface area contributed by atoms with Gasteiger partial charge in [-0.05, 0) is 54.7 Å². The molecule has 1 spiro atoms. The number of amides is 2. The second-order valence-electron chi connectivity index (χ2n) is 10.7. The number of nitrogens with zero attached hydrogens (tertiary/aromatic N) is 4. The summed E-state index contributed by atoms with van der Waals surface area (Å²) in [5, 5.41) is 11.1. The van der Waals surface area contributed by atoms with Gasteiger partial charge in [-0.1, -0.05) is 25.6 Å². The summed E-state index contributed by atoms with van der Waals surface area (Å²) < 4.78 is 15.2. The minimum absolute atomic E-state index is 0.0167. The van der Waals surface area contributed by atoms with Gasteiger partial charge >= 0.3 is 0 Å². The number of fused-ring (bicyclic) bond motifs is 2. The average molecular weight is 489 g/mol. The summed E-state index contributed by atoms with van der Waals surface area (Å²) in [6, 6.07) is 7.53. The third kappa shape index (κ3) is 3.21. The van der Waals surface area contributed by atoms with E-state index in [0.29, 0.717) is 37.0 Å². The Bertz CT molecular complexity index is 1330. The smallest absolute Gasteiger partial charge is 0.246 e. The lowest BCUT2D eigenvalue weighted by molar-refractivity contribution is -0.146. The van der Waals surface area contributed by atoms with Crippen molar-refractivity contribution in [3.63, 3.8) is 0 Å². The van der Waals surface area contributed by atoms with Gasteiger partial charge in [0.15, 0.2) is 5.82 Å². The normalized spacial score (nSPS) is 28.8. The first kappa shape index (κ1) is 23.1. The maximum Gasteiger partial charge on any atom is 0.246 e. The van der Waals surface area contributed by atoms with E-state index >= 15 is 4.39 Å². The predicted molar refractivity (Wildman–Crippen MR) is 132 cm³/mol. The zero-order valence-electron chi connectivity index (χ0n) is 20.3. The van der Waals surface area contributed by atoms with E-state index in [1.165, 1.54) is 12.1 Å². The number of nitrogens with one attached hydrogen (secondary N) is 2. The van der Waals surface area contributed by atoms with Crippen LogP contribution in [0, 0.1) is 34.4 Å². The Hall–Kier alpha value is -3.35. The number of benzene rings is 1. The number of hydrogen-bond acceptors (Lipinski definition) is 6. The molecule has 3 aliphatic heterocycles. The fraction of sp³-hybridized carbons (Fsp3) is 0.481. The molecule has 1 aliphatic carbocycles. The SMILES string of the molecule is C=CC(=O)N1CC2(CCN(c3nc4c(F)cccc4c(C4C(C)CCC5NNCC54)c3C#N)C2=O)C1. The van der Waals surface area contributed by atoms with Crippen LogP contribution in [-0.2, 0) is 9.59 Å². The molecule has 4 heterocycles. The summed E-state index contributed by atoms with van der Waals surface area (Å²) in [5.74, 6) is -0.0233. The van der Waals surface area contributed by atoms with Gasteiger partial charge in [0.2, 0.25) is 11.8 Å². The lowest BCUT2D eigenvalue weighted by atomic mass is 9.66. The fourth-order valence-electron chi connectivity index (χ4n) is 6.96. The molecule has 36 heavy (non-hydrogen) atoms. The van der Waals surface area contributed by atoms with Crippen molar-refractivity contribution in [3.8, 4) is 6.07 Å². The summed E-state index contributed by atoms with van der Waals surface area (Å²) in [6.07, 6.45) is 3.83. The number of carbonyl (C=O) groups excluding carboxylic acids is 2. The van der Waals surface area contributed by atoms with Crippen LogP contribution < -0.4 is 15.8 Å². The van der Waals surface area contributed by atoms with Crippen molar-refractivity contribution in [2.75, 3.05) is 31.1 Å². The van der Waals surface area contributed by atoms with Crippen molar-refractivity contribution in [3.05, 3.63) is 47.8 Å². The van der Waals surface area contributed by atoms with E-state index < -0.39 is 11.2 Å². The fourth-order valence-corrected chi connectivity index (χ4v) is 6.96. The zero-order valence-corrected chi connectivity index (χ0v) is 20.3. The van der Waals surface area contributed by atoms with Gasteiger partial charge in [-0.25, -0.2) is 9.37 Å². The highest BCUT2D eigenvalue weighted by Crippen LogP contribution is 2.49. The third-order valence-electron chi connectivity index (χ3n) is 8.82. The van der Waals surface area contributed by atoms with Gasteiger partial charge in [-0.15, -0.1) is 0 Å². The Morgan fingerprint density at radius 1 is 1.36 bits per heavy atom. The molecule has 0 radical (unpaired) electrons. The maximum absolute atomic E-state index is 15.2. The molecule has 4 aliphatic rings. The van der Waals surface area contributed by atoms with Crippen molar-refractivity contribution >= 4 is 28.5 Å². The summed E-state index contributed by atoms with van der Waals surface area (Å²) in [6.45, 7) is 7.51. The van der Waals surface area contributed by atoms with Gasteiger partial charge < -0.3 is 4.90 Å². The molecular weight excluding hydrogens is 459 g/mol. The van der Waals surface area contributed by atoms with Crippen LogP contribution in [0.4, 0.5) is 10.2 Å². The predicted octanol–water partition coefficient (Wildman–Crippen LogP) is 2.60. The van der Waals surface area contributed by atoms with Crippen LogP contribution >= 0.6 is 0 Å². The first-order chi connectivity index (χ1) is 17.4. The van der Waals surface area contributed by atoms with Crippen LogP contribution in [0.1, 0.15) is 43.2 Å². The van der Waals surface area contributed by atoms with Crippen molar-refractivity contribution in [1.82, 2.24) is 20.7 Å². The van der Waals surface area contributed by atoms with E-state index in [2.05, 4.69) is 35.4 Å². The molecule has 1 saturated carbocycles. The minimum Gasteiger partial charge on any atom is -0.337 e. The number of pyridine rings is 1. The molecule has 2 amide bonds. The topological polar surface area (TPSA) is 101 Å². The van der Waals surface area contributed by atoms with E-state index in [9.17, 15) is 14.9 Å². The third-order valence-corrected chi connectivity index (χ3v) is 8.82. The molecule has 3 saturated heterocycles. The highest BCUT2D eigenvalue weighted by Gasteiger charge is 2.56. The Morgan fingerprint density at radius 3 is 2.92 bits per heavy atom. The molecule has 4 unspecified atom stereocenters. The molecule has 4 atom stereocenters. The van der Waals surface area contributed by atoms with Crippen molar-refractivity contribution in [1.29, 1.82) is 5.26 Å². The number of hydrogen-bond donors (Lipinski definition) is 2. The number of anilines is 1. The number of likely N-dealkylation sites (tertiary alicyclic amines) is 1. The standard InChI is InChI=1S/C27H29FN6O2/c1-3-21(35)33-13-27(14-33)9-10-34(26(27)36)25-17(11-29)23(16-5-4-6-19(28)24(16)31-25)22-15(2)7-8-20-18(22)12-30-32-20/h3-6,15,18,20,22,30,32H,1,7-10,12-14H2,2H3. The van der Waals surface area contributed by atoms with Crippen molar-refractivity contribution < 1.29 is 14.0 Å². The quantitative estimate of drug-likeness (QED) is 0.644. The van der Waals surface area contributed by atoms with E-state index in [1.54, 1.807) is 15.9 Å². The van der Waals surface area contributed by atoms with Crippen molar-refractivity contribution in [2.45, 2.75) is 38.1 Å². The number of aromatic nitrogens is 1. The van der Waals surface area contributed by atoms with Crippen molar-refractivity contribution in [2.24, 2.45) is 17.3 Å². The second kappa shape index (κ2) is 8.36. The van der Waals surface area contributed by atoms with E-state index in [0.717, 1.165) is 24.9 Å². The summed E-state index contributed by atoms with van der Waals surface area (Å²) in [5.41, 5.74) is 7.32. The molecular formula is C27H29FN6O2. The Labute approximate surface area is 209 Å². The largest absolute Gasteiger partial charge is 0.337 e. The number of hydrazine groups is 1. The van der Waals surface area contributed by atoms with Gasteiger partial charge in [0, 0.05) is 37.6 Å². The summed E-state index contributed by atoms with van der Waals surface area (Å²) >= 11 is 0. The maximum atomic E-state index is 15.2. The van der Waals surface area contributed by atoms with Crippen LogP contribution in [0.25, 0.3) is 10.9 Å². The highest BCUT2D eigenvalue weighted by molar-refractivity contribution is 6.04. The van der Waals surface area contributed by atoms with Gasteiger partial charge in [0.25, 0.3) is 0 Å². The minimum atomic E-state index is -0.681. The number of halogens is 1. The van der Waals surface area contributed by atoms with E-state index in [4.69, 9.17) is 0 Å². The van der Waals surface area contributed by atoms with Crippen LogP contribution in [0.5, 0.6) is 0 Å². The van der Waals surface area contributed by atoms with Crippen LogP contribution in [0.15, 0.2) is 30.9 Å². The first-order valence-electron chi connectivity index (χ1n) is 12.6. The Morgan fingerprint density at radius 2 is 2.17 bits per heavy atom. The number of carbonyl (C=O) groups is 2. The monoisotopic (exact) mass is 488 g/mol. The molecule has 6 rings (SSSR count). The molecule has 1 aromatic carbocycles. The van der Waals surface area contributed by atoms with Crippen LogP contribution in [0.2, 0.25) is 0 Å². The first-order valence-corrected chi connectivity index (χ1v) is 12.6. The van der Waals surface area contributed by atoms with Gasteiger partial charge in [-0.3, -0.25) is 25.3 Å². The average Bonchev–Trinajstić information content (AvgIpc) is 3.46. The van der Waals surface area contributed by atoms with Crippen LogP contribution in [0.3, 0.4) is 0 Å². The highest BCUT2D eigenvalue weighted by atomic mass is 19.1. The summed E-state index contributed by atoms with van der Waals surface area (Å²) in [7, 11) is 0. The number of nitriles is 1. The molecule has 0 bridgehead atoms. The lowest BCUT2D eigenvalue weighted by Crippen LogP contribution is -2.61. The molecule has 8 nitrogen and oxygen atoms in total. The molecule has 9 heteroatoms. The molecule has 4 fully saturated rings. The van der Waals surface area contributed by atoms with E-state index in [-0.39, 0.29) is 46.9 Å².